The van der Waals surface area contributed by atoms with Gasteiger partial charge in [-0.25, -0.2) is 0 Å². The number of carbonyl (C=O) groups excluding carboxylic acids is 2. The lowest BCUT2D eigenvalue weighted by molar-refractivity contribution is -0.142. The maximum atomic E-state index is 12.2. The maximum Gasteiger partial charge on any atom is 0.302 e. The molecule has 1 saturated carbocycles. The standard InChI is InChI=1S/C17H24O6/c1-11(18)21-9-5-4-6-13-16(2,23-13)15-14(20-3)12(19)7-8-17(15)10-22-17/h4-5,13-15H,6-10H2,1-3H3/b5-4+/t13-,14-,15-,16-,17+/m1/s1. The quantitative estimate of drug-likeness (QED) is 0.418. The van der Waals surface area contributed by atoms with E-state index in [9.17, 15) is 9.59 Å². The fourth-order valence-electron chi connectivity index (χ4n) is 3.88. The van der Waals surface area contributed by atoms with Crippen molar-refractivity contribution in [2.45, 2.75) is 56.5 Å². The molecule has 2 heterocycles. The van der Waals surface area contributed by atoms with Crippen molar-refractivity contribution in [1.29, 1.82) is 0 Å². The van der Waals surface area contributed by atoms with E-state index in [1.807, 2.05) is 19.1 Å². The third-order valence-corrected chi connectivity index (χ3v) is 5.25. The van der Waals surface area contributed by atoms with Gasteiger partial charge in [-0.2, -0.15) is 0 Å². The molecule has 0 aromatic rings. The number of ketones is 1. The molecular formula is C17H24O6. The second kappa shape index (κ2) is 6.00. The molecule has 1 spiro atoms. The highest BCUT2D eigenvalue weighted by molar-refractivity contribution is 5.85. The molecule has 1 aliphatic carbocycles. The number of hydrogen-bond donors (Lipinski definition) is 0. The highest BCUT2D eigenvalue weighted by Crippen LogP contribution is 2.58. The zero-order valence-corrected chi connectivity index (χ0v) is 13.9. The van der Waals surface area contributed by atoms with Crippen molar-refractivity contribution in [1.82, 2.24) is 0 Å². The van der Waals surface area contributed by atoms with Crippen LogP contribution in [-0.2, 0) is 28.5 Å². The van der Waals surface area contributed by atoms with Crippen LogP contribution in [0.25, 0.3) is 0 Å². The van der Waals surface area contributed by atoms with Gasteiger partial charge in [0.15, 0.2) is 5.78 Å². The molecule has 6 heteroatoms. The van der Waals surface area contributed by atoms with Gasteiger partial charge >= 0.3 is 5.97 Å². The van der Waals surface area contributed by atoms with Crippen LogP contribution in [0.15, 0.2) is 12.2 Å². The summed E-state index contributed by atoms with van der Waals surface area (Å²) in [7, 11) is 1.58. The third kappa shape index (κ3) is 3.07. The van der Waals surface area contributed by atoms with Gasteiger partial charge in [-0.15, -0.1) is 0 Å². The highest BCUT2D eigenvalue weighted by atomic mass is 16.6. The van der Waals surface area contributed by atoms with Crippen LogP contribution in [0.4, 0.5) is 0 Å². The van der Waals surface area contributed by atoms with Crippen LogP contribution in [0.5, 0.6) is 0 Å². The molecule has 5 atom stereocenters. The van der Waals surface area contributed by atoms with Gasteiger partial charge in [0.1, 0.15) is 23.9 Å². The number of carbonyl (C=O) groups is 2. The molecule has 0 aromatic carbocycles. The fourth-order valence-corrected chi connectivity index (χ4v) is 3.88. The van der Waals surface area contributed by atoms with Crippen molar-refractivity contribution in [3.05, 3.63) is 12.2 Å². The van der Waals surface area contributed by atoms with Crippen molar-refractivity contribution < 1.29 is 28.5 Å². The van der Waals surface area contributed by atoms with Crippen LogP contribution in [-0.4, -0.2) is 55.5 Å². The summed E-state index contributed by atoms with van der Waals surface area (Å²) >= 11 is 0. The van der Waals surface area contributed by atoms with Gasteiger partial charge in [0.05, 0.1) is 18.6 Å². The van der Waals surface area contributed by atoms with Gasteiger partial charge in [-0.3, -0.25) is 9.59 Å². The van der Waals surface area contributed by atoms with E-state index in [1.54, 1.807) is 7.11 Å². The Kier molecular flexibility index (Phi) is 4.33. The Balaban J connectivity index is 1.61. The summed E-state index contributed by atoms with van der Waals surface area (Å²) in [6.07, 6.45) is 5.33. The first-order valence-corrected chi connectivity index (χ1v) is 8.08. The molecule has 0 unspecified atom stereocenters. The number of ether oxygens (including phenoxy) is 4. The van der Waals surface area contributed by atoms with E-state index < -0.39 is 11.7 Å². The number of epoxide rings is 2. The Morgan fingerprint density at radius 1 is 1.43 bits per heavy atom. The van der Waals surface area contributed by atoms with E-state index in [0.29, 0.717) is 13.0 Å². The monoisotopic (exact) mass is 324 g/mol. The molecule has 0 aromatic heterocycles. The van der Waals surface area contributed by atoms with Gasteiger partial charge in [-0.05, 0) is 19.8 Å². The minimum atomic E-state index is -0.453. The van der Waals surface area contributed by atoms with Crippen LogP contribution in [0, 0.1) is 5.92 Å². The first-order valence-electron chi connectivity index (χ1n) is 8.08. The van der Waals surface area contributed by atoms with E-state index >= 15 is 0 Å². The van der Waals surface area contributed by atoms with Gasteiger partial charge < -0.3 is 18.9 Å². The minimum absolute atomic E-state index is 0.0331. The molecule has 0 N–H and O–H groups in total. The molecule has 2 aliphatic heterocycles. The Labute approximate surface area is 136 Å². The van der Waals surface area contributed by atoms with Crippen molar-refractivity contribution in [3.8, 4) is 0 Å². The summed E-state index contributed by atoms with van der Waals surface area (Å²) in [4.78, 5) is 22.9. The topological polar surface area (TPSA) is 77.7 Å². The normalized spacial score (nSPS) is 42.2. The molecule has 0 bridgehead atoms. The molecule has 6 nitrogen and oxygen atoms in total. The summed E-state index contributed by atoms with van der Waals surface area (Å²) in [5.41, 5.74) is -0.654. The van der Waals surface area contributed by atoms with Crippen molar-refractivity contribution in [3.63, 3.8) is 0 Å². The largest absolute Gasteiger partial charge is 0.462 e. The number of hydrogen-bond acceptors (Lipinski definition) is 6. The molecule has 23 heavy (non-hydrogen) atoms. The Morgan fingerprint density at radius 2 is 2.17 bits per heavy atom. The summed E-state index contributed by atoms with van der Waals surface area (Å²) in [6, 6.07) is 0. The number of esters is 1. The van der Waals surface area contributed by atoms with Gasteiger partial charge in [0.25, 0.3) is 0 Å². The predicted octanol–water partition coefficient (Wildman–Crippen LogP) is 1.42. The molecule has 3 fully saturated rings. The predicted molar refractivity (Wildman–Crippen MR) is 80.9 cm³/mol. The second-order valence-corrected chi connectivity index (χ2v) is 6.75. The molecule has 128 valence electrons. The average Bonchev–Trinajstić information content (AvgIpc) is 3.40. The van der Waals surface area contributed by atoms with Crippen molar-refractivity contribution in [2.75, 3.05) is 20.3 Å². The summed E-state index contributed by atoms with van der Waals surface area (Å²) in [5, 5.41) is 0. The van der Waals surface area contributed by atoms with Gasteiger partial charge in [-0.1, -0.05) is 12.2 Å². The number of methoxy groups -OCH3 is 1. The summed E-state index contributed by atoms with van der Waals surface area (Å²) in [5.74, 6) is -0.216. The van der Waals surface area contributed by atoms with E-state index in [1.165, 1.54) is 6.92 Å². The summed E-state index contributed by atoms with van der Waals surface area (Å²) in [6.45, 7) is 4.37. The molecule has 0 amide bonds. The molecular weight excluding hydrogens is 300 g/mol. The molecule has 2 saturated heterocycles. The summed E-state index contributed by atoms with van der Waals surface area (Å²) < 4.78 is 22.0. The lowest BCUT2D eigenvalue weighted by atomic mass is 9.69. The first-order chi connectivity index (χ1) is 10.9. The maximum absolute atomic E-state index is 12.2. The van der Waals surface area contributed by atoms with Crippen LogP contribution < -0.4 is 0 Å². The Bertz CT molecular complexity index is 523. The first kappa shape index (κ1) is 16.6. The van der Waals surface area contributed by atoms with Crippen LogP contribution in [0.2, 0.25) is 0 Å². The van der Waals surface area contributed by atoms with Crippen molar-refractivity contribution in [2.24, 2.45) is 5.92 Å². The van der Waals surface area contributed by atoms with E-state index in [0.717, 1.165) is 12.8 Å². The third-order valence-electron chi connectivity index (χ3n) is 5.25. The second-order valence-electron chi connectivity index (χ2n) is 6.75. The zero-order chi connectivity index (χ0) is 16.7. The van der Waals surface area contributed by atoms with Crippen molar-refractivity contribution >= 4 is 11.8 Å². The zero-order valence-electron chi connectivity index (χ0n) is 13.9. The smallest absolute Gasteiger partial charge is 0.302 e. The van der Waals surface area contributed by atoms with E-state index in [2.05, 4.69) is 0 Å². The van der Waals surface area contributed by atoms with E-state index in [4.69, 9.17) is 18.9 Å². The SMILES string of the molecule is CO[C@@H]1C(=O)CC[C@]2(CO2)[C@H]1[C@]1(C)O[C@@H]1C/C=C/COC(C)=O. The van der Waals surface area contributed by atoms with Gasteiger partial charge in [0.2, 0.25) is 0 Å². The van der Waals surface area contributed by atoms with Gasteiger partial charge in [0, 0.05) is 20.5 Å². The Hall–Kier alpha value is -1.24. The van der Waals surface area contributed by atoms with Crippen LogP contribution >= 0.6 is 0 Å². The van der Waals surface area contributed by atoms with E-state index in [-0.39, 0.29) is 36.0 Å². The lowest BCUT2D eigenvalue weighted by Crippen LogP contribution is -2.52. The lowest BCUT2D eigenvalue weighted by Gasteiger charge is -2.37. The fraction of sp³-hybridized carbons (Fsp3) is 0.765. The van der Waals surface area contributed by atoms with Crippen LogP contribution in [0.1, 0.15) is 33.1 Å². The molecule has 0 radical (unpaired) electrons. The minimum Gasteiger partial charge on any atom is -0.462 e. The van der Waals surface area contributed by atoms with Crippen LogP contribution in [0.3, 0.4) is 0 Å². The molecule has 3 aliphatic rings. The number of Topliss-reactive ketones (excluding diaryl/α,β-unsaturated/α-hetero) is 1. The Morgan fingerprint density at radius 3 is 2.78 bits per heavy atom. The highest BCUT2D eigenvalue weighted by Gasteiger charge is 2.71. The number of rotatable bonds is 6. The molecule has 3 rings (SSSR count). The average molecular weight is 324 g/mol.